The van der Waals surface area contributed by atoms with E-state index in [1.54, 1.807) is 18.2 Å². The zero-order valence-corrected chi connectivity index (χ0v) is 12.3. The number of pyridine rings is 1. The molecule has 20 heavy (non-hydrogen) atoms. The molecule has 1 aromatic heterocycles. The molecule has 0 bridgehead atoms. The van der Waals surface area contributed by atoms with Crippen molar-refractivity contribution in [3.8, 4) is 5.88 Å². The Morgan fingerprint density at radius 2 is 2.20 bits per heavy atom. The molecule has 1 N–H and O–H groups in total. The zero-order chi connectivity index (χ0) is 14.5. The fraction of sp³-hybridized carbons (Fsp3) is 0.143. The lowest BCUT2D eigenvalue weighted by Crippen LogP contribution is -2.14. The smallest absolute Gasteiger partial charge is 0.258 e. The lowest BCUT2D eigenvalue weighted by Gasteiger charge is -2.07. The van der Waals surface area contributed by atoms with E-state index in [9.17, 15) is 9.18 Å². The van der Waals surface area contributed by atoms with E-state index in [4.69, 9.17) is 4.74 Å². The van der Waals surface area contributed by atoms with Crippen molar-refractivity contribution < 1.29 is 13.9 Å². The first kappa shape index (κ1) is 14.5. The van der Waals surface area contributed by atoms with Gasteiger partial charge < -0.3 is 10.1 Å². The van der Waals surface area contributed by atoms with Gasteiger partial charge in [-0.25, -0.2) is 9.37 Å². The van der Waals surface area contributed by atoms with Crippen molar-refractivity contribution in [2.24, 2.45) is 0 Å². The van der Waals surface area contributed by atoms with Crippen molar-refractivity contribution in [3.63, 3.8) is 0 Å². The standard InChI is InChI=1S/C14H12BrFN2O2/c1-2-20-12-7-6-9(8-17-12)18-14(19)10-4-3-5-11(15)13(10)16/h3-8H,2H2,1H3,(H,18,19). The summed E-state index contributed by atoms with van der Waals surface area (Å²) in [6.45, 7) is 2.37. The molecule has 0 saturated carbocycles. The van der Waals surface area contributed by atoms with Crippen LogP contribution in [0.25, 0.3) is 0 Å². The average molecular weight is 339 g/mol. The quantitative estimate of drug-likeness (QED) is 0.925. The van der Waals surface area contributed by atoms with Crippen LogP contribution in [0.4, 0.5) is 10.1 Å². The first-order chi connectivity index (χ1) is 9.61. The molecule has 0 unspecified atom stereocenters. The molecule has 2 aromatic rings. The Morgan fingerprint density at radius 1 is 1.40 bits per heavy atom. The van der Waals surface area contributed by atoms with Crippen LogP contribution < -0.4 is 10.1 Å². The summed E-state index contributed by atoms with van der Waals surface area (Å²) in [7, 11) is 0. The highest BCUT2D eigenvalue weighted by Crippen LogP contribution is 2.20. The van der Waals surface area contributed by atoms with Crippen LogP contribution in [0, 0.1) is 5.82 Å². The molecular weight excluding hydrogens is 327 g/mol. The van der Waals surface area contributed by atoms with Gasteiger partial charge in [0.2, 0.25) is 5.88 Å². The molecule has 6 heteroatoms. The Hall–Kier alpha value is -1.95. The Morgan fingerprint density at radius 3 is 2.85 bits per heavy atom. The lowest BCUT2D eigenvalue weighted by molar-refractivity contribution is 0.102. The molecule has 0 aliphatic rings. The minimum absolute atomic E-state index is 0.0340. The number of carbonyl (C=O) groups is 1. The third-order valence-electron chi connectivity index (χ3n) is 2.48. The summed E-state index contributed by atoms with van der Waals surface area (Å²) >= 11 is 3.04. The topological polar surface area (TPSA) is 51.2 Å². The van der Waals surface area contributed by atoms with Crippen LogP contribution in [0.1, 0.15) is 17.3 Å². The molecule has 0 radical (unpaired) electrons. The van der Waals surface area contributed by atoms with Crippen LogP contribution in [0.2, 0.25) is 0 Å². The van der Waals surface area contributed by atoms with E-state index < -0.39 is 11.7 Å². The number of nitrogens with zero attached hydrogens (tertiary/aromatic N) is 1. The second kappa shape index (κ2) is 6.47. The summed E-state index contributed by atoms with van der Waals surface area (Å²) in [5.41, 5.74) is 0.436. The van der Waals surface area contributed by atoms with E-state index in [2.05, 4.69) is 26.2 Å². The van der Waals surface area contributed by atoms with Crippen LogP contribution in [-0.2, 0) is 0 Å². The number of halogens is 2. The van der Waals surface area contributed by atoms with E-state index >= 15 is 0 Å². The molecule has 1 amide bonds. The molecule has 0 spiro atoms. The predicted molar refractivity (Wildman–Crippen MR) is 77.5 cm³/mol. The van der Waals surface area contributed by atoms with Gasteiger partial charge in [-0.15, -0.1) is 0 Å². The highest BCUT2D eigenvalue weighted by Gasteiger charge is 2.14. The Labute approximate surface area is 124 Å². The SMILES string of the molecule is CCOc1ccc(NC(=O)c2cccc(Br)c2F)cn1. The van der Waals surface area contributed by atoms with Gasteiger partial charge in [0, 0.05) is 6.07 Å². The van der Waals surface area contributed by atoms with Crippen LogP contribution >= 0.6 is 15.9 Å². The number of nitrogens with one attached hydrogen (secondary N) is 1. The summed E-state index contributed by atoms with van der Waals surface area (Å²) in [6.07, 6.45) is 1.46. The molecule has 1 heterocycles. The maximum Gasteiger partial charge on any atom is 0.258 e. The molecular formula is C14H12BrFN2O2. The summed E-state index contributed by atoms with van der Waals surface area (Å²) in [5, 5.41) is 2.58. The normalized spacial score (nSPS) is 10.2. The third kappa shape index (κ3) is 3.33. The fourth-order valence-electron chi connectivity index (χ4n) is 1.57. The van der Waals surface area contributed by atoms with Gasteiger partial charge in [0.1, 0.15) is 5.82 Å². The van der Waals surface area contributed by atoms with Gasteiger partial charge in [-0.2, -0.15) is 0 Å². The van der Waals surface area contributed by atoms with Crippen LogP contribution in [0.5, 0.6) is 5.88 Å². The first-order valence-corrected chi connectivity index (χ1v) is 6.75. The minimum Gasteiger partial charge on any atom is -0.478 e. The summed E-state index contributed by atoms with van der Waals surface area (Å²) in [6, 6.07) is 7.82. The molecule has 1 aromatic carbocycles. The summed E-state index contributed by atoms with van der Waals surface area (Å²) < 4.78 is 19.2. The number of aromatic nitrogens is 1. The van der Waals surface area contributed by atoms with Crippen molar-refractivity contribution >= 4 is 27.5 Å². The van der Waals surface area contributed by atoms with Gasteiger partial charge in [0.15, 0.2) is 0 Å². The van der Waals surface area contributed by atoms with E-state index in [-0.39, 0.29) is 10.0 Å². The van der Waals surface area contributed by atoms with E-state index in [0.29, 0.717) is 18.2 Å². The van der Waals surface area contributed by atoms with Crippen LogP contribution in [0.3, 0.4) is 0 Å². The van der Waals surface area contributed by atoms with Crippen molar-refractivity contribution in [1.29, 1.82) is 0 Å². The minimum atomic E-state index is -0.594. The first-order valence-electron chi connectivity index (χ1n) is 5.96. The van der Waals surface area contributed by atoms with Crippen molar-refractivity contribution in [2.45, 2.75) is 6.92 Å². The van der Waals surface area contributed by atoms with Gasteiger partial charge in [-0.3, -0.25) is 4.79 Å². The molecule has 0 atom stereocenters. The molecule has 0 fully saturated rings. The average Bonchev–Trinajstić information content (AvgIpc) is 2.44. The third-order valence-corrected chi connectivity index (χ3v) is 3.10. The van der Waals surface area contributed by atoms with Gasteiger partial charge >= 0.3 is 0 Å². The molecule has 0 aliphatic carbocycles. The second-order valence-corrected chi connectivity index (χ2v) is 4.73. The number of anilines is 1. The number of ether oxygens (including phenoxy) is 1. The maximum atomic E-state index is 13.8. The molecule has 104 valence electrons. The molecule has 0 aliphatic heterocycles. The number of hydrogen-bond donors (Lipinski definition) is 1. The lowest BCUT2D eigenvalue weighted by atomic mass is 10.2. The van der Waals surface area contributed by atoms with Crippen molar-refractivity contribution in [1.82, 2.24) is 4.98 Å². The second-order valence-electron chi connectivity index (χ2n) is 3.87. The number of hydrogen-bond acceptors (Lipinski definition) is 3. The number of rotatable bonds is 4. The fourth-order valence-corrected chi connectivity index (χ4v) is 1.93. The van der Waals surface area contributed by atoms with Gasteiger partial charge in [0.25, 0.3) is 5.91 Å². The van der Waals surface area contributed by atoms with Gasteiger partial charge in [-0.05, 0) is 41.1 Å². The van der Waals surface area contributed by atoms with Crippen LogP contribution in [-0.4, -0.2) is 17.5 Å². The Bertz CT molecular complexity index is 617. The Balaban J connectivity index is 2.13. The van der Waals surface area contributed by atoms with Crippen molar-refractivity contribution in [2.75, 3.05) is 11.9 Å². The monoisotopic (exact) mass is 338 g/mol. The highest BCUT2D eigenvalue weighted by atomic mass is 79.9. The van der Waals surface area contributed by atoms with Crippen molar-refractivity contribution in [3.05, 3.63) is 52.4 Å². The molecule has 2 rings (SSSR count). The molecule has 0 saturated heterocycles. The van der Waals surface area contributed by atoms with E-state index in [1.807, 2.05) is 6.92 Å². The Kier molecular flexibility index (Phi) is 4.68. The largest absolute Gasteiger partial charge is 0.478 e. The number of carbonyl (C=O) groups excluding carboxylic acids is 1. The highest BCUT2D eigenvalue weighted by molar-refractivity contribution is 9.10. The predicted octanol–water partition coefficient (Wildman–Crippen LogP) is 3.63. The summed E-state index contributed by atoms with van der Waals surface area (Å²) in [5.74, 6) is -0.655. The van der Waals surface area contributed by atoms with E-state index in [1.165, 1.54) is 18.3 Å². The summed E-state index contributed by atoms with van der Waals surface area (Å²) in [4.78, 5) is 16.0. The number of benzene rings is 1. The molecule has 4 nitrogen and oxygen atoms in total. The maximum absolute atomic E-state index is 13.8. The zero-order valence-electron chi connectivity index (χ0n) is 10.7. The van der Waals surface area contributed by atoms with E-state index in [0.717, 1.165) is 0 Å². The van der Waals surface area contributed by atoms with Gasteiger partial charge in [-0.1, -0.05) is 6.07 Å². The van der Waals surface area contributed by atoms with Crippen LogP contribution in [0.15, 0.2) is 41.0 Å². The van der Waals surface area contributed by atoms with Gasteiger partial charge in [0.05, 0.1) is 28.5 Å². The number of amides is 1.